The molecule has 16 heavy (non-hydrogen) atoms. The molecule has 1 aromatic rings. The maximum Gasteiger partial charge on any atom is 0.159 e. The summed E-state index contributed by atoms with van der Waals surface area (Å²) < 4.78 is 5.89. The minimum atomic E-state index is -0.276. The lowest BCUT2D eigenvalue weighted by Crippen LogP contribution is -2.47. The van der Waals surface area contributed by atoms with Gasteiger partial charge in [0, 0.05) is 23.7 Å². The summed E-state index contributed by atoms with van der Waals surface area (Å²) in [5.74, 6) is 1.15. The zero-order valence-corrected chi connectivity index (χ0v) is 9.26. The zero-order valence-electron chi connectivity index (χ0n) is 9.26. The molecule has 2 heterocycles. The topological polar surface area (TPSA) is 58.7 Å². The molecule has 4 nitrogen and oxygen atoms in total. The quantitative estimate of drug-likeness (QED) is 0.634. The largest absolute Gasteiger partial charge is 0.474 e. The highest BCUT2D eigenvalue weighted by atomic mass is 16.5. The van der Waals surface area contributed by atoms with Gasteiger partial charge in [-0.2, -0.15) is 0 Å². The number of nitrogens with zero attached hydrogens (tertiary/aromatic N) is 1. The highest BCUT2D eigenvalue weighted by molar-refractivity contribution is 5.51. The molecule has 0 aliphatic carbocycles. The normalized spacial score (nSPS) is 33.0. The Morgan fingerprint density at radius 3 is 3.12 bits per heavy atom. The van der Waals surface area contributed by atoms with Gasteiger partial charge in [0.05, 0.1) is 6.10 Å². The fourth-order valence-electron chi connectivity index (χ4n) is 2.77. The Morgan fingerprint density at radius 1 is 1.50 bits per heavy atom. The molecular formula is C12H16N2O2. The fraction of sp³-hybridized carbons (Fsp3) is 0.500. The fourth-order valence-corrected chi connectivity index (χ4v) is 2.77. The van der Waals surface area contributed by atoms with Crippen LogP contribution in [0.3, 0.4) is 0 Å². The van der Waals surface area contributed by atoms with Gasteiger partial charge in [-0.05, 0) is 31.7 Å². The van der Waals surface area contributed by atoms with Crippen molar-refractivity contribution in [1.29, 1.82) is 0 Å². The number of hydrogen-bond acceptors (Lipinski definition) is 4. The van der Waals surface area contributed by atoms with E-state index < -0.39 is 0 Å². The first kappa shape index (κ1) is 9.93. The third-order valence-corrected chi connectivity index (χ3v) is 3.48. The minimum Gasteiger partial charge on any atom is -0.474 e. The molecule has 1 fully saturated rings. The second-order valence-electron chi connectivity index (χ2n) is 4.74. The van der Waals surface area contributed by atoms with Crippen molar-refractivity contribution in [1.82, 2.24) is 4.90 Å². The predicted octanol–water partition coefficient (Wildman–Crippen LogP) is 0.767. The summed E-state index contributed by atoms with van der Waals surface area (Å²) in [5, 5.41) is 9.79. The van der Waals surface area contributed by atoms with Gasteiger partial charge in [-0.3, -0.25) is 4.90 Å². The molecule has 0 bridgehead atoms. The summed E-state index contributed by atoms with van der Waals surface area (Å²) in [6, 6.07) is 5.74. The van der Waals surface area contributed by atoms with Crippen molar-refractivity contribution in [2.45, 2.75) is 24.7 Å². The van der Waals surface area contributed by atoms with Crippen molar-refractivity contribution >= 4 is 5.69 Å². The summed E-state index contributed by atoms with van der Waals surface area (Å²) in [6.45, 7) is 0.671. The second-order valence-corrected chi connectivity index (χ2v) is 4.74. The van der Waals surface area contributed by atoms with Crippen molar-refractivity contribution in [3.8, 4) is 5.75 Å². The lowest BCUT2D eigenvalue weighted by molar-refractivity contribution is -0.0352. The number of likely N-dealkylation sites (N-methyl/N-ethyl adjacent to an activating group) is 1. The van der Waals surface area contributed by atoms with Gasteiger partial charge in [-0.15, -0.1) is 0 Å². The Labute approximate surface area is 94.6 Å². The van der Waals surface area contributed by atoms with Gasteiger partial charge in [0.15, 0.2) is 6.23 Å². The number of aliphatic hydroxyl groups is 1. The monoisotopic (exact) mass is 220 g/mol. The molecule has 4 heteroatoms. The SMILES string of the molecule is CN1CC(O)CC2c3cc(N)ccc3OC21. The highest BCUT2D eigenvalue weighted by Crippen LogP contribution is 2.44. The van der Waals surface area contributed by atoms with Gasteiger partial charge < -0.3 is 15.6 Å². The van der Waals surface area contributed by atoms with E-state index in [0.717, 1.165) is 23.4 Å². The van der Waals surface area contributed by atoms with E-state index in [1.54, 1.807) is 0 Å². The standard InChI is InChI=1S/C12H16N2O2/c1-14-6-8(15)5-10-9-4-7(13)2-3-11(9)16-12(10)14/h2-4,8,10,12,15H,5-6,13H2,1H3. The number of aliphatic hydroxyl groups excluding tert-OH is 1. The number of benzene rings is 1. The molecule has 2 aliphatic heterocycles. The summed E-state index contributed by atoms with van der Waals surface area (Å²) in [6.07, 6.45) is 0.535. The van der Waals surface area contributed by atoms with Crippen LogP contribution >= 0.6 is 0 Å². The van der Waals surface area contributed by atoms with Crippen LogP contribution in [-0.4, -0.2) is 35.9 Å². The highest BCUT2D eigenvalue weighted by Gasteiger charge is 2.42. The molecule has 0 spiro atoms. The Morgan fingerprint density at radius 2 is 2.31 bits per heavy atom. The Bertz CT molecular complexity index is 421. The van der Waals surface area contributed by atoms with E-state index in [0.29, 0.717) is 6.54 Å². The molecule has 3 rings (SSSR count). The number of β-amino-alcohol motifs (C(OH)–C–C–N with tert-alkyl or cyclic N) is 1. The third-order valence-electron chi connectivity index (χ3n) is 3.48. The van der Waals surface area contributed by atoms with Crippen LogP contribution in [-0.2, 0) is 0 Å². The average molecular weight is 220 g/mol. The number of rotatable bonds is 0. The number of piperidine rings is 1. The first-order valence-corrected chi connectivity index (χ1v) is 5.59. The van der Waals surface area contributed by atoms with E-state index >= 15 is 0 Å². The van der Waals surface area contributed by atoms with Crippen LogP contribution in [0, 0.1) is 0 Å². The van der Waals surface area contributed by atoms with Gasteiger partial charge in [-0.1, -0.05) is 0 Å². The van der Waals surface area contributed by atoms with E-state index in [2.05, 4.69) is 4.90 Å². The zero-order chi connectivity index (χ0) is 11.3. The molecule has 1 saturated heterocycles. The molecular weight excluding hydrogens is 204 g/mol. The number of hydrogen-bond donors (Lipinski definition) is 2. The molecule has 0 amide bonds. The first-order chi connectivity index (χ1) is 7.65. The van der Waals surface area contributed by atoms with Crippen LogP contribution < -0.4 is 10.5 Å². The van der Waals surface area contributed by atoms with E-state index in [1.165, 1.54) is 0 Å². The van der Waals surface area contributed by atoms with E-state index in [4.69, 9.17) is 10.5 Å². The lowest BCUT2D eigenvalue weighted by atomic mass is 9.89. The maximum atomic E-state index is 9.79. The maximum absolute atomic E-state index is 9.79. The molecule has 0 saturated carbocycles. The number of ether oxygens (including phenoxy) is 1. The van der Waals surface area contributed by atoms with Crippen molar-refractivity contribution < 1.29 is 9.84 Å². The number of anilines is 1. The molecule has 0 aromatic heterocycles. The van der Waals surface area contributed by atoms with Crippen LogP contribution in [0.2, 0.25) is 0 Å². The van der Waals surface area contributed by atoms with Crippen LogP contribution in [0.25, 0.3) is 0 Å². The second kappa shape index (κ2) is 3.37. The van der Waals surface area contributed by atoms with Crippen molar-refractivity contribution in [2.24, 2.45) is 0 Å². The molecule has 3 atom stereocenters. The summed E-state index contributed by atoms with van der Waals surface area (Å²) in [4.78, 5) is 2.06. The van der Waals surface area contributed by atoms with Gasteiger partial charge in [0.2, 0.25) is 0 Å². The Hall–Kier alpha value is -1.26. The molecule has 3 unspecified atom stereocenters. The van der Waals surface area contributed by atoms with Crippen LogP contribution in [0.15, 0.2) is 18.2 Å². The van der Waals surface area contributed by atoms with Crippen molar-refractivity contribution in [3.63, 3.8) is 0 Å². The van der Waals surface area contributed by atoms with Crippen molar-refractivity contribution in [3.05, 3.63) is 23.8 Å². The molecule has 3 N–H and O–H groups in total. The van der Waals surface area contributed by atoms with E-state index in [9.17, 15) is 5.11 Å². The lowest BCUT2D eigenvalue weighted by Gasteiger charge is -2.36. The smallest absolute Gasteiger partial charge is 0.159 e. The number of nitrogens with two attached hydrogens (primary N) is 1. The molecule has 86 valence electrons. The first-order valence-electron chi connectivity index (χ1n) is 5.59. The van der Waals surface area contributed by atoms with Gasteiger partial charge >= 0.3 is 0 Å². The summed E-state index contributed by atoms with van der Waals surface area (Å²) in [5.41, 5.74) is 7.68. The Balaban J connectivity index is 2.00. The number of likely N-dealkylation sites (tertiary alicyclic amines) is 1. The van der Waals surface area contributed by atoms with Gasteiger partial charge in [0.25, 0.3) is 0 Å². The average Bonchev–Trinajstić information content (AvgIpc) is 2.57. The van der Waals surface area contributed by atoms with Gasteiger partial charge in [-0.25, -0.2) is 0 Å². The van der Waals surface area contributed by atoms with Gasteiger partial charge in [0.1, 0.15) is 5.75 Å². The Kier molecular flexibility index (Phi) is 2.09. The minimum absolute atomic E-state index is 0.0557. The van der Waals surface area contributed by atoms with Crippen LogP contribution in [0.1, 0.15) is 17.9 Å². The predicted molar refractivity (Wildman–Crippen MR) is 61.3 cm³/mol. The number of fused-ring (bicyclic) bond motifs is 3. The summed E-state index contributed by atoms with van der Waals surface area (Å²) in [7, 11) is 1.98. The van der Waals surface area contributed by atoms with E-state index in [1.807, 2.05) is 25.2 Å². The van der Waals surface area contributed by atoms with Crippen molar-refractivity contribution in [2.75, 3.05) is 19.3 Å². The summed E-state index contributed by atoms with van der Waals surface area (Å²) >= 11 is 0. The van der Waals surface area contributed by atoms with Crippen LogP contribution in [0.4, 0.5) is 5.69 Å². The van der Waals surface area contributed by atoms with E-state index in [-0.39, 0.29) is 18.2 Å². The number of nitrogen functional groups attached to an aromatic ring is 1. The molecule has 1 aromatic carbocycles. The third kappa shape index (κ3) is 1.37. The van der Waals surface area contributed by atoms with Crippen LogP contribution in [0.5, 0.6) is 5.75 Å². The molecule has 0 radical (unpaired) electrons. The molecule has 2 aliphatic rings.